The van der Waals surface area contributed by atoms with Gasteiger partial charge in [-0.25, -0.2) is 0 Å². The predicted octanol–water partition coefficient (Wildman–Crippen LogP) is 3.82. The summed E-state index contributed by atoms with van der Waals surface area (Å²) in [7, 11) is 3.04. The van der Waals surface area contributed by atoms with Crippen molar-refractivity contribution in [3.8, 4) is 0 Å². The molecule has 0 radical (unpaired) electrons. The Kier molecular flexibility index (Phi) is 4.84. The summed E-state index contributed by atoms with van der Waals surface area (Å²) in [4.78, 5) is 2.37. The summed E-state index contributed by atoms with van der Waals surface area (Å²) in [5.41, 5.74) is 0.0870. The number of rotatable bonds is 6. The maximum absolute atomic E-state index is 5.76. The van der Waals surface area contributed by atoms with E-state index in [9.17, 15) is 0 Å². The summed E-state index contributed by atoms with van der Waals surface area (Å²) in [6, 6.07) is 0. The Bertz CT molecular complexity index is 352. The molecular weight excluding hydrogens is 238 g/mol. The van der Waals surface area contributed by atoms with Gasteiger partial charge in [-0.2, -0.15) is 0 Å². The second kappa shape index (κ2) is 5.62. The van der Waals surface area contributed by atoms with Crippen LogP contribution in [0, 0.1) is 0 Å². The van der Waals surface area contributed by atoms with Gasteiger partial charge in [0.1, 0.15) is 5.76 Å². The van der Waals surface area contributed by atoms with Crippen LogP contribution in [0.15, 0.2) is 23.1 Å². The lowest BCUT2D eigenvalue weighted by Crippen LogP contribution is -2.49. The molecule has 0 N–H and O–H groups in total. The van der Waals surface area contributed by atoms with Gasteiger partial charge in [-0.15, -0.1) is 0 Å². The predicted molar refractivity (Wildman–Crippen MR) is 82.5 cm³/mol. The number of allylic oxidation sites excluding steroid dienone is 1. The summed E-state index contributed by atoms with van der Waals surface area (Å²) < 4.78 is 5.76. The molecule has 2 nitrogen and oxygen atoms in total. The van der Waals surface area contributed by atoms with E-state index >= 15 is 0 Å². The maximum atomic E-state index is 5.76. The summed E-state index contributed by atoms with van der Waals surface area (Å²) >= 11 is 0. The first-order valence-corrected chi connectivity index (χ1v) is 10.5. The van der Waals surface area contributed by atoms with Crippen LogP contribution in [0.3, 0.4) is 0 Å². The quantitative estimate of drug-likeness (QED) is 0.678. The van der Waals surface area contributed by atoms with Crippen LogP contribution < -0.4 is 0 Å². The van der Waals surface area contributed by atoms with Gasteiger partial charge in [0.2, 0.25) is 0 Å². The van der Waals surface area contributed by atoms with Crippen molar-refractivity contribution in [3.63, 3.8) is 0 Å². The molecule has 0 bridgehead atoms. The number of likely N-dealkylation sites (N-methyl/N-ethyl adjacent to an activating group) is 1. The molecule has 0 spiro atoms. The standard InChI is InChI=1S/C15H29NOSi/c1-8-10-15(16(3)4)12-13(17-9-2)11-14(15)18(5,6)7/h11-12H,8-10H2,1-7H3. The molecule has 1 rings (SSSR count). The lowest BCUT2D eigenvalue weighted by atomic mass is 9.94. The minimum Gasteiger partial charge on any atom is -0.494 e. The van der Waals surface area contributed by atoms with E-state index in [0.717, 1.165) is 12.4 Å². The first-order chi connectivity index (χ1) is 8.28. The van der Waals surface area contributed by atoms with Crippen LogP contribution >= 0.6 is 0 Å². The highest BCUT2D eigenvalue weighted by Crippen LogP contribution is 2.41. The van der Waals surface area contributed by atoms with Crippen molar-refractivity contribution < 1.29 is 4.74 Å². The molecule has 104 valence electrons. The SMILES string of the molecule is CCCC1(N(C)C)C=C(OCC)C=C1[Si](C)(C)C. The Morgan fingerprint density at radius 3 is 2.22 bits per heavy atom. The average molecular weight is 267 g/mol. The topological polar surface area (TPSA) is 12.5 Å². The second-order valence-electron chi connectivity index (χ2n) is 6.36. The Hall–Kier alpha value is -0.543. The van der Waals surface area contributed by atoms with Gasteiger partial charge in [0.05, 0.1) is 20.2 Å². The molecule has 0 amide bonds. The molecule has 0 aromatic heterocycles. The highest BCUT2D eigenvalue weighted by molar-refractivity contribution is 6.83. The Morgan fingerprint density at radius 1 is 1.22 bits per heavy atom. The van der Waals surface area contributed by atoms with Crippen molar-refractivity contribution in [2.75, 3.05) is 20.7 Å². The summed E-state index contributed by atoms with van der Waals surface area (Å²) in [6.45, 7) is 12.3. The van der Waals surface area contributed by atoms with Crippen molar-refractivity contribution in [2.45, 2.75) is 51.9 Å². The maximum Gasteiger partial charge on any atom is 0.117 e. The first-order valence-electron chi connectivity index (χ1n) is 7.03. The van der Waals surface area contributed by atoms with Gasteiger partial charge in [0.15, 0.2) is 0 Å². The van der Waals surface area contributed by atoms with Crippen molar-refractivity contribution in [2.24, 2.45) is 0 Å². The first kappa shape index (κ1) is 15.5. The van der Waals surface area contributed by atoms with E-state index in [-0.39, 0.29) is 5.54 Å². The Morgan fingerprint density at radius 2 is 1.83 bits per heavy atom. The highest BCUT2D eigenvalue weighted by atomic mass is 28.3. The van der Waals surface area contributed by atoms with Gasteiger partial charge < -0.3 is 4.74 Å². The molecule has 0 aromatic carbocycles. The third-order valence-electron chi connectivity index (χ3n) is 3.68. The van der Waals surface area contributed by atoms with Crippen molar-refractivity contribution in [3.05, 3.63) is 23.1 Å². The van der Waals surface area contributed by atoms with Crippen LogP contribution in [0.1, 0.15) is 26.7 Å². The average Bonchev–Trinajstić information content (AvgIpc) is 2.59. The van der Waals surface area contributed by atoms with E-state index in [1.807, 2.05) is 0 Å². The van der Waals surface area contributed by atoms with Crippen LogP contribution in [0.2, 0.25) is 19.6 Å². The molecule has 1 unspecified atom stereocenters. The summed E-state index contributed by atoms with van der Waals surface area (Å²) in [6.07, 6.45) is 7.02. The zero-order valence-electron chi connectivity index (χ0n) is 13.1. The number of ether oxygens (including phenoxy) is 1. The fourth-order valence-corrected chi connectivity index (χ4v) is 5.21. The molecule has 1 aliphatic carbocycles. The van der Waals surface area contributed by atoms with Gasteiger partial charge in [-0.1, -0.05) is 38.2 Å². The Labute approximate surface area is 114 Å². The number of nitrogens with zero attached hydrogens (tertiary/aromatic N) is 1. The third kappa shape index (κ3) is 2.89. The molecule has 0 aliphatic heterocycles. The van der Waals surface area contributed by atoms with Gasteiger partial charge >= 0.3 is 0 Å². The van der Waals surface area contributed by atoms with Crippen LogP contribution in [-0.2, 0) is 4.74 Å². The largest absolute Gasteiger partial charge is 0.494 e. The van der Waals surface area contributed by atoms with Crippen molar-refractivity contribution in [1.82, 2.24) is 4.90 Å². The molecule has 0 aromatic rings. The molecule has 0 saturated carbocycles. The smallest absolute Gasteiger partial charge is 0.117 e. The van der Waals surface area contributed by atoms with Crippen LogP contribution in [0.4, 0.5) is 0 Å². The third-order valence-corrected chi connectivity index (χ3v) is 5.88. The van der Waals surface area contributed by atoms with E-state index in [4.69, 9.17) is 4.74 Å². The minimum atomic E-state index is -1.34. The zero-order valence-corrected chi connectivity index (χ0v) is 14.1. The van der Waals surface area contributed by atoms with E-state index < -0.39 is 8.07 Å². The summed E-state index contributed by atoms with van der Waals surface area (Å²) in [5.74, 6) is 1.07. The molecule has 3 heteroatoms. The van der Waals surface area contributed by atoms with Crippen LogP contribution in [0.5, 0.6) is 0 Å². The summed E-state index contributed by atoms with van der Waals surface area (Å²) in [5, 5.41) is 1.60. The van der Waals surface area contributed by atoms with Gasteiger partial charge in [-0.3, -0.25) is 4.90 Å². The second-order valence-corrected chi connectivity index (χ2v) is 11.4. The monoisotopic (exact) mass is 267 g/mol. The molecule has 1 aliphatic rings. The number of hydrogen-bond donors (Lipinski definition) is 0. The van der Waals surface area contributed by atoms with E-state index in [2.05, 4.69) is 64.6 Å². The van der Waals surface area contributed by atoms with E-state index in [1.165, 1.54) is 12.8 Å². The van der Waals surface area contributed by atoms with Gasteiger partial charge in [0, 0.05) is 0 Å². The van der Waals surface area contributed by atoms with E-state index in [0.29, 0.717) is 0 Å². The van der Waals surface area contributed by atoms with Crippen molar-refractivity contribution in [1.29, 1.82) is 0 Å². The Balaban J connectivity index is 3.23. The van der Waals surface area contributed by atoms with Gasteiger partial charge in [0.25, 0.3) is 0 Å². The molecular formula is C15H29NOSi. The fourth-order valence-electron chi connectivity index (χ4n) is 2.92. The molecule has 0 fully saturated rings. The molecule has 0 heterocycles. The lowest BCUT2D eigenvalue weighted by Gasteiger charge is -2.42. The normalized spacial score (nSPS) is 24.2. The molecule has 1 atom stereocenters. The molecule has 0 saturated heterocycles. The minimum absolute atomic E-state index is 0.0870. The van der Waals surface area contributed by atoms with Crippen LogP contribution in [0.25, 0.3) is 0 Å². The van der Waals surface area contributed by atoms with Crippen molar-refractivity contribution >= 4 is 8.07 Å². The fraction of sp³-hybridized carbons (Fsp3) is 0.733. The van der Waals surface area contributed by atoms with E-state index in [1.54, 1.807) is 5.20 Å². The molecule has 18 heavy (non-hydrogen) atoms. The highest BCUT2D eigenvalue weighted by Gasteiger charge is 2.43. The van der Waals surface area contributed by atoms with Crippen LogP contribution in [-0.4, -0.2) is 39.2 Å². The number of hydrogen-bond acceptors (Lipinski definition) is 2. The lowest BCUT2D eigenvalue weighted by molar-refractivity contribution is 0.221. The van der Waals surface area contributed by atoms with Gasteiger partial charge in [-0.05, 0) is 39.6 Å². The zero-order chi connectivity index (χ0) is 14.0.